The first-order valence-corrected chi connectivity index (χ1v) is 5.06. The molecule has 1 aromatic rings. The van der Waals surface area contributed by atoms with E-state index in [-0.39, 0.29) is 0 Å². The molecule has 3 heteroatoms. The molecular formula is C10H13BrN2. The minimum absolute atomic E-state index is 0.809. The molecule has 0 aliphatic carbocycles. The molecule has 0 saturated carbocycles. The van der Waals surface area contributed by atoms with Crippen molar-refractivity contribution in [3.8, 4) is 0 Å². The van der Waals surface area contributed by atoms with Crippen LogP contribution in [0.2, 0.25) is 0 Å². The van der Waals surface area contributed by atoms with Gasteiger partial charge in [0.15, 0.2) is 0 Å². The lowest BCUT2D eigenvalue weighted by molar-refractivity contribution is 1.12. The van der Waals surface area contributed by atoms with Crippen LogP contribution < -0.4 is 5.32 Å². The fourth-order valence-electron chi connectivity index (χ4n) is 1.03. The van der Waals surface area contributed by atoms with Gasteiger partial charge in [0.25, 0.3) is 0 Å². The van der Waals surface area contributed by atoms with E-state index in [2.05, 4.69) is 26.2 Å². The molecule has 0 spiro atoms. The minimum atomic E-state index is 0.809. The number of nitrogens with zero attached hydrogens (tertiary/aromatic N) is 1. The second kappa shape index (κ2) is 5.02. The molecule has 13 heavy (non-hydrogen) atoms. The Morgan fingerprint density at radius 3 is 2.77 bits per heavy atom. The average Bonchev–Trinajstić information content (AvgIpc) is 2.09. The van der Waals surface area contributed by atoms with Gasteiger partial charge < -0.3 is 5.32 Å². The van der Waals surface area contributed by atoms with Crippen LogP contribution in [0.1, 0.15) is 13.8 Å². The lowest BCUT2D eigenvalue weighted by atomic mass is 10.3. The number of nitrogens with one attached hydrogen (secondary N) is 1. The van der Waals surface area contributed by atoms with E-state index in [1.165, 1.54) is 0 Å². The van der Waals surface area contributed by atoms with Crippen LogP contribution in [-0.4, -0.2) is 12.4 Å². The molecule has 2 nitrogen and oxygen atoms in total. The van der Waals surface area contributed by atoms with Gasteiger partial charge in [0.05, 0.1) is 11.5 Å². The number of para-hydroxylation sites is 1. The zero-order valence-corrected chi connectivity index (χ0v) is 9.43. The van der Waals surface area contributed by atoms with Gasteiger partial charge in [-0.1, -0.05) is 12.1 Å². The number of hydrogen-bond acceptors (Lipinski definition) is 1. The number of amidine groups is 1. The van der Waals surface area contributed by atoms with Crippen LogP contribution >= 0.6 is 15.9 Å². The average molecular weight is 241 g/mol. The maximum atomic E-state index is 4.25. The third kappa shape index (κ3) is 3.19. The second-order valence-corrected chi connectivity index (χ2v) is 3.52. The predicted octanol–water partition coefficient (Wildman–Crippen LogP) is 3.30. The topological polar surface area (TPSA) is 24.4 Å². The van der Waals surface area contributed by atoms with E-state index in [9.17, 15) is 0 Å². The van der Waals surface area contributed by atoms with E-state index in [0.717, 1.165) is 22.5 Å². The fraction of sp³-hybridized carbons (Fsp3) is 0.300. The Bertz CT molecular complexity index is 308. The van der Waals surface area contributed by atoms with E-state index in [0.29, 0.717) is 0 Å². The summed E-state index contributed by atoms with van der Waals surface area (Å²) < 4.78 is 1.06. The SMILES string of the molecule is CCN=C(C)Nc1ccccc1Br. The molecule has 0 saturated heterocycles. The van der Waals surface area contributed by atoms with Crippen LogP contribution in [-0.2, 0) is 0 Å². The van der Waals surface area contributed by atoms with Crippen LogP contribution in [0.5, 0.6) is 0 Å². The number of aliphatic imine (C=N–C) groups is 1. The van der Waals surface area contributed by atoms with Crippen molar-refractivity contribution < 1.29 is 0 Å². The second-order valence-electron chi connectivity index (χ2n) is 2.66. The van der Waals surface area contributed by atoms with Crippen molar-refractivity contribution in [1.29, 1.82) is 0 Å². The summed E-state index contributed by atoms with van der Waals surface area (Å²) in [5.74, 6) is 0.939. The minimum Gasteiger partial charge on any atom is -0.343 e. The number of halogens is 1. The Morgan fingerprint density at radius 2 is 2.15 bits per heavy atom. The number of benzene rings is 1. The zero-order valence-electron chi connectivity index (χ0n) is 7.84. The third-order valence-corrected chi connectivity index (χ3v) is 2.28. The van der Waals surface area contributed by atoms with E-state index in [1.807, 2.05) is 38.1 Å². The van der Waals surface area contributed by atoms with Gasteiger partial charge in [0.1, 0.15) is 0 Å². The van der Waals surface area contributed by atoms with E-state index < -0.39 is 0 Å². The van der Waals surface area contributed by atoms with Gasteiger partial charge in [-0.2, -0.15) is 0 Å². The first-order chi connectivity index (χ1) is 6.24. The molecule has 0 bridgehead atoms. The molecule has 1 N–H and O–H groups in total. The maximum absolute atomic E-state index is 4.25. The molecule has 1 rings (SSSR count). The highest BCUT2D eigenvalue weighted by molar-refractivity contribution is 9.10. The van der Waals surface area contributed by atoms with Gasteiger partial charge in [0, 0.05) is 11.0 Å². The van der Waals surface area contributed by atoms with Crippen LogP contribution in [0, 0.1) is 0 Å². The van der Waals surface area contributed by atoms with Crippen LogP contribution in [0.4, 0.5) is 5.69 Å². The lowest BCUT2D eigenvalue weighted by Gasteiger charge is -2.06. The van der Waals surface area contributed by atoms with Crippen molar-refractivity contribution in [3.05, 3.63) is 28.7 Å². The molecule has 0 atom stereocenters. The first kappa shape index (κ1) is 10.3. The zero-order chi connectivity index (χ0) is 9.68. The molecule has 0 amide bonds. The summed E-state index contributed by atoms with van der Waals surface area (Å²) in [5.41, 5.74) is 1.05. The van der Waals surface area contributed by atoms with E-state index in [4.69, 9.17) is 0 Å². The van der Waals surface area contributed by atoms with Gasteiger partial charge in [-0.15, -0.1) is 0 Å². The number of anilines is 1. The summed E-state index contributed by atoms with van der Waals surface area (Å²) in [4.78, 5) is 4.25. The van der Waals surface area contributed by atoms with Gasteiger partial charge >= 0.3 is 0 Å². The predicted molar refractivity (Wildman–Crippen MR) is 61.4 cm³/mol. The lowest BCUT2D eigenvalue weighted by Crippen LogP contribution is -2.07. The number of rotatable bonds is 2. The Kier molecular flexibility index (Phi) is 3.96. The van der Waals surface area contributed by atoms with Crippen molar-refractivity contribution in [1.82, 2.24) is 0 Å². The van der Waals surface area contributed by atoms with Gasteiger partial charge in [-0.3, -0.25) is 4.99 Å². The molecule has 0 aliphatic rings. The fourth-order valence-corrected chi connectivity index (χ4v) is 1.42. The van der Waals surface area contributed by atoms with Gasteiger partial charge in [-0.05, 0) is 41.9 Å². The number of hydrogen-bond donors (Lipinski definition) is 1. The van der Waals surface area contributed by atoms with Crippen LogP contribution in [0.25, 0.3) is 0 Å². The van der Waals surface area contributed by atoms with Crippen molar-refractivity contribution in [2.75, 3.05) is 11.9 Å². The van der Waals surface area contributed by atoms with Crippen molar-refractivity contribution in [3.63, 3.8) is 0 Å². The highest BCUT2D eigenvalue weighted by Crippen LogP contribution is 2.20. The van der Waals surface area contributed by atoms with E-state index >= 15 is 0 Å². The molecule has 1 aromatic carbocycles. The monoisotopic (exact) mass is 240 g/mol. The van der Waals surface area contributed by atoms with Crippen LogP contribution in [0.3, 0.4) is 0 Å². The Hall–Kier alpha value is -0.830. The quantitative estimate of drug-likeness (QED) is 0.623. The molecule has 0 fully saturated rings. The Labute approximate surface area is 87.2 Å². The summed E-state index contributed by atoms with van der Waals surface area (Å²) >= 11 is 3.46. The molecule has 0 aromatic heterocycles. The summed E-state index contributed by atoms with van der Waals surface area (Å²) in [7, 11) is 0. The smallest absolute Gasteiger partial charge is 0.0975 e. The molecule has 70 valence electrons. The van der Waals surface area contributed by atoms with Crippen molar-refractivity contribution in [2.45, 2.75) is 13.8 Å². The van der Waals surface area contributed by atoms with Crippen LogP contribution in [0.15, 0.2) is 33.7 Å². The summed E-state index contributed by atoms with van der Waals surface area (Å²) in [6, 6.07) is 7.99. The normalized spacial score (nSPS) is 11.5. The summed E-state index contributed by atoms with van der Waals surface area (Å²) in [6.07, 6.45) is 0. The van der Waals surface area contributed by atoms with Crippen molar-refractivity contribution >= 4 is 27.5 Å². The molecule has 0 radical (unpaired) electrons. The van der Waals surface area contributed by atoms with Crippen molar-refractivity contribution in [2.24, 2.45) is 4.99 Å². The molecule has 0 aliphatic heterocycles. The molecular weight excluding hydrogens is 228 g/mol. The largest absolute Gasteiger partial charge is 0.343 e. The Morgan fingerprint density at radius 1 is 1.46 bits per heavy atom. The maximum Gasteiger partial charge on any atom is 0.0975 e. The summed E-state index contributed by atoms with van der Waals surface area (Å²) in [5, 5.41) is 3.21. The third-order valence-electron chi connectivity index (χ3n) is 1.58. The van der Waals surface area contributed by atoms with E-state index in [1.54, 1.807) is 0 Å². The first-order valence-electron chi connectivity index (χ1n) is 4.26. The molecule has 0 unspecified atom stereocenters. The summed E-state index contributed by atoms with van der Waals surface area (Å²) in [6.45, 7) is 4.79. The highest BCUT2D eigenvalue weighted by atomic mass is 79.9. The Balaban J connectivity index is 2.74. The molecule has 0 heterocycles. The highest BCUT2D eigenvalue weighted by Gasteiger charge is 1.97. The standard InChI is InChI=1S/C10H13BrN2/c1-3-12-8(2)13-10-7-5-4-6-9(10)11/h4-7H,3H2,1-2H3,(H,12,13). The van der Waals surface area contributed by atoms with Gasteiger partial charge in [0.2, 0.25) is 0 Å². The van der Waals surface area contributed by atoms with Gasteiger partial charge in [-0.25, -0.2) is 0 Å².